The molecule has 2 N–H and O–H groups in total. The monoisotopic (exact) mass is 317 g/mol. The van der Waals surface area contributed by atoms with E-state index in [1.165, 1.54) is 12.1 Å². The number of rotatable bonds is 7. The predicted molar refractivity (Wildman–Crippen MR) is 86.4 cm³/mol. The van der Waals surface area contributed by atoms with Crippen molar-refractivity contribution in [3.63, 3.8) is 0 Å². The van der Waals surface area contributed by atoms with Crippen LogP contribution in [0.15, 0.2) is 36.4 Å². The van der Waals surface area contributed by atoms with Gasteiger partial charge in [0.15, 0.2) is 0 Å². The van der Waals surface area contributed by atoms with Crippen LogP contribution in [0, 0.1) is 12.7 Å². The van der Waals surface area contributed by atoms with Gasteiger partial charge in [-0.25, -0.2) is 4.39 Å². The lowest BCUT2D eigenvalue weighted by molar-refractivity contribution is -0.136. The van der Waals surface area contributed by atoms with E-state index in [9.17, 15) is 9.18 Å². The predicted octanol–water partition coefficient (Wildman–Crippen LogP) is 3.66. The molecule has 0 unspecified atom stereocenters. The third kappa shape index (κ3) is 5.07. The van der Waals surface area contributed by atoms with Gasteiger partial charge in [-0.05, 0) is 61.3 Å². The summed E-state index contributed by atoms with van der Waals surface area (Å²) in [4.78, 5) is 10.6. The number of hydrogen-bond donors (Lipinski definition) is 2. The number of aliphatic carboxylic acids is 1. The summed E-state index contributed by atoms with van der Waals surface area (Å²) in [6.45, 7) is 2.46. The maximum Gasteiger partial charge on any atom is 0.303 e. The molecule has 5 heteroatoms. The molecule has 0 aliphatic carbocycles. The molecule has 0 heterocycles. The van der Waals surface area contributed by atoms with Crippen molar-refractivity contribution in [2.75, 3.05) is 7.05 Å². The van der Waals surface area contributed by atoms with Crippen LogP contribution in [0.3, 0.4) is 0 Å². The number of halogens is 1. The molecule has 0 bridgehead atoms. The summed E-state index contributed by atoms with van der Waals surface area (Å²) in [5, 5.41) is 11.7. The quantitative estimate of drug-likeness (QED) is 0.818. The normalized spacial score (nSPS) is 10.6. The number of benzene rings is 2. The van der Waals surface area contributed by atoms with Crippen molar-refractivity contribution in [3.8, 4) is 11.5 Å². The molecule has 0 saturated heterocycles. The van der Waals surface area contributed by atoms with E-state index in [-0.39, 0.29) is 12.2 Å². The topological polar surface area (TPSA) is 58.6 Å². The van der Waals surface area contributed by atoms with Crippen LogP contribution in [-0.2, 0) is 17.8 Å². The summed E-state index contributed by atoms with van der Waals surface area (Å²) < 4.78 is 19.3. The second-order valence-electron chi connectivity index (χ2n) is 5.41. The van der Waals surface area contributed by atoms with Crippen LogP contribution in [0.2, 0.25) is 0 Å². The van der Waals surface area contributed by atoms with Gasteiger partial charge in [0.25, 0.3) is 0 Å². The maximum absolute atomic E-state index is 13.6. The first-order valence-corrected chi connectivity index (χ1v) is 7.41. The molecule has 2 rings (SSSR count). The SMILES string of the molecule is CNCc1cc(F)cc(Oc2ccc(CCC(=O)O)c(C)c2)c1. The standard InChI is InChI=1S/C18H20FNO3/c1-12-7-16(5-3-14(12)4-6-18(21)22)23-17-9-13(11-20-2)8-15(19)10-17/h3,5,7-10,20H,4,6,11H2,1-2H3,(H,21,22). The first-order valence-electron chi connectivity index (χ1n) is 7.41. The van der Waals surface area contributed by atoms with Gasteiger partial charge in [0, 0.05) is 19.0 Å². The number of ether oxygens (including phenoxy) is 1. The summed E-state index contributed by atoms with van der Waals surface area (Å²) in [5.41, 5.74) is 2.72. The summed E-state index contributed by atoms with van der Waals surface area (Å²) in [7, 11) is 1.80. The van der Waals surface area contributed by atoms with Gasteiger partial charge in [-0.1, -0.05) is 6.07 Å². The fourth-order valence-corrected chi connectivity index (χ4v) is 2.38. The lowest BCUT2D eigenvalue weighted by atomic mass is 10.0. The number of carbonyl (C=O) groups is 1. The number of hydrogen-bond acceptors (Lipinski definition) is 3. The molecule has 0 atom stereocenters. The van der Waals surface area contributed by atoms with Gasteiger partial charge in [-0.2, -0.15) is 0 Å². The van der Waals surface area contributed by atoms with E-state index in [1.54, 1.807) is 19.2 Å². The van der Waals surface area contributed by atoms with Crippen LogP contribution in [0.4, 0.5) is 4.39 Å². The minimum absolute atomic E-state index is 0.0956. The van der Waals surface area contributed by atoms with Crippen LogP contribution in [0.1, 0.15) is 23.1 Å². The van der Waals surface area contributed by atoms with Crippen LogP contribution in [0.5, 0.6) is 11.5 Å². The first kappa shape index (κ1) is 17.0. The molecule has 0 aliphatic heterocycles. The largest absolute Gasteiger partial charge is 0.481 e. The number of carboxylic acids is 1. The fraction of sp³-hybridized carbons (Fsp3) is 0.278. The average molecular weight is 317 g/mol. The van der Waals surface area contributed by atoms with Gasteiger partial charge in [0.2, 0.25) is 0 Å². The third-order valence-corrected chi connectivity index (χ3v) is 3.47. The molecular weight excluding hydrogens is 297 g/mol. The van der Waals surface area contributed by atoms with Crippen molar-refractivity contribution in [1.82, 2.24) is 5.32 Å². The third-order valence-electron chi connectivity index (χ3n) is 3.47. The summed E-state index contributed by atoms with van der Waals surface area (Å²) in [5.74, 6) is -0.125. The summed E-state index contributed by atoms with van der Waals surface area (Å²) in [6, 6.07) is 10.0. The lowest BCUT2D eigenvalue weighted by Gasteiger charge is -2.11. The average Bonchev–Trinajstić information content (AvgIpc) is 2.46. The number of carboxylic acid groups (broad SMARTS) is 1. The molecule has 2 aromatic rings. The van der Waals surface area contributed by atoms with Crippen molar-refractivity contribution >= 4 is 5.97 Å². The molecule has 0 spiro atoms. The Balaban J connectivity index is 2.14. The minimum atomic E-state index is -0.818. The Hall–Kier alpha value is -2.40. The zero-order chi connectivity index (χ0) is 16.8. The lowest BCUT2D eigenvalue weighted by Crippen LogP contribution is -2.05. The van der Waals surface area contributed by atoms with Gasteiger partial charge in [-0.3, -0.25) is 4.79 Å². The minimum Gasteiger partial charge on any atom is -0.481 e. The molecule has 0 saturated carbocycles. The fourth-order valence-electron chi connectivity index (χ4n) is 2.38. The second kappa shape index (κ2) is 7.74. The highest BCUT2D eigenvalue weighted by molar-refractivity contribution is 5.67. The summed E-state index contributed by atoms with van der Waals surface area (Å²) >= 11 is 0. The zero-order valence-electron chi connectivity index (χ0n) is 13.2. The second-order valence-corrected chi connectivity index (χ2v) is 5.41. The number of nitrogens with one attached hydrogen (secondary N) is 1. The zero-order valence-corrected chi connectivity index (χ0v) is 13.2. The van der Waals surface area contributed by atoms with E-state index in [2.05, 4.69) is 5.32 Å². The summed E-state index contributed by atoms with van der Waals surface area (Å²) in [6.07, 6.45) is 0.575. The van der Waals surface area contributed by atoms with Gasteiger partial charge in [0.1, 0.15) is 17.3 Å². The van der Waals surface area contributed by atoms with Crippen molar-refractivity contribution in [2.24, 2.45) is 0 Å². The van der Waals surface area contributed by atoms with Crippen LogP contribution in [0.25, 0.3) is 0 Å². The molecular formula is C18H20FNO3. The molecule has 23 heavy (non-hydrogen) atoms. The molecule has 0 radical (unpaired) electrons. The maximum atomic E-state index is 13.6. The molecule has 0 fully saturated rings. The van der Waals surface area contributed by atoms with Crippen LogP contribution < -0.4 is 10.1 Å². The van der Waals surface area contributed by atoms with Crippen molar-refractivity contribution in [1.29, 1.82) is 0 Å². The van der Waals surface area contributed by atoms with Crippen molar-refractivity contribution < 1.29 is 19.0 Å². The molecule has 0 aliphatic rings. The van der Waals surface area contributed by atoms with E-state index >= 15 is 0 Å². The van der Waals surface area contributed by atoms with Crippen molar-refractivity contribution in [3.05, 3.63) is 58.9 Å². The van der Waals surface area contributed by atoms with Gasteiger partial charge >= 0.3 is 5.97 Å². The van der Waals surface area contributed by atoms with E-state index in [0.29, 0.717) is 24.5 Å². The van der Waals surface area contributed by atoms with Crippen LogP contribution >= 0.6 is 0 Å². The highest BCUT2D eigenvalue weighted by Crippen LogP contribution is 2.26. The van der Waals surface area contributed by atoms with Gasteiger partial charge in [-0.15, -0.1) is 0 Å². The van der Waals surface area contributed by atoms with E-state index in [1.807, 2.05) is 19.1 Å². The Kier molecular flexibility index (Phi) is 5.71. The molecule has 122 valence electrons. The number of aryl methyl sites for hydroxylation is 2. The Bertz CT molecular complexity index is 701. The first-order chi connectivity index (χ1) is 11.0. The molecule has 0 amide bonds. The van der Waals surface area contributed by atoms with E-state index in [4.69, 9.17) is 9.84 Å². The van der Waals surface area contributed by atoms with Gasteiger partial charge < -0.3 is 15.2 Å². The Morgan fingerprint density at radius 2 is 2.00 bits per heavy atom. The smallest absolute Gasteiger partial charge is 0.303 e. The highest BCUT2D eigenvalue weighted by atomic mass is 19.1. The highest BCUT2D eigenvalue weighted by Gasteiger charge is 2.06. The molecule has 2 aromatic carbocycles. The Morgan fingerprint density at radius 3 is 2.65 bits per heavy atom. The molecule has 4 nitrogen and oxygen atoms in total. The Labute approximate surface area is 134 Å². The Morgan fingerprint density at radius 1 is 1.22 bits per heavy atom. The van der Waals surface area contributed by atoms with E-state index in [0.717, 1.165) is 16.7 Å². The van der Waals surface area contributed by atoms with Crippen molar-refractivity contribution in [2.45, 2.75) is 26.3 Å². The van der Waals surface area contributed by atoms with Crippen LogP contribution in [-0.4, -0.2) is 18.1 Å². The van der Waals surface area contributed by atoms with Gasteiger partial charge in [0.05, 0.1) is 0 Å². The molecule has 0 aromatic heterocycles. The van der Waals surface area contributed by atoms with E-state index < -0.39 is 5.97 Å².